The van der Waals surface area contributed by atoms with Gasteiger partial charge >= 0.3 is 0 Å². The lowest BCUT2D eigenvalue weighted by Crippen LogP contribution is -2.32. The number of aliphatic hydroxyl groups excluding tert-OH is 1. The van der Waals surface area contributed by atoms with Gasteiger partial charge in [-0.15, -0.1) is 5.92 Å². The van der Waals surface area contributed by atoms with Crippen LogP contribution >= 0.6 is 0 Å². The highest BCUT2D eigenvalue weighted by atomic mass is 16.7. The van der Waals surface area contributed by atoms with E-state index in [1.807, 2.05) is 13.8 Å². The van der Waals surface area contributed by atoms with Crippen LogP contribution in [-0.2, 0) is 9.47 Å². The fourth-order valence-corrected chi connectivity index (χ4v) is 1.60. The predicted octanol–water partition coefficient (Wildman–Crippen LogP) is 1.30. The van der Waals surface area contributed by atoms with Crippen LogP contribution in [0.4, 0.5) is 0 Å². The first-order valence-corrected chi connectivity index (χ1v) is 5.09. The minimum absolute atomic E-state index is 0.303. The molecule has 1 heterocycles. The Morgan fingerprint density at radius 1 is 1.50 bits per heavy atom. The lowest BCUT2D eigenvalue weighted by atomic mass is 10.1. The molecule has 0 saturated carbocycles. The molecule has 80 valence electrons. The summed E-state index contributed by atoms with van der Waals surface area (Å²) >= 11 is 0. The number of rotatable bonds is 3. The average molecular weight is 198 g/mol. The molecule has 3 nitrogen and oxygen atoms in total. The Labute approximate surface area is 85.4 Å². The summed E-state index contributed by atoms with van der Waals surface area (Å²) in [5.74, 6) is 4.85. The normalized spacial score (nSPS) is 26.7. The van der Waals surface area contributed by atoms with Crippen molar-refractivity contribution in [2.75, 3.05) is 6.61 Å². The first-order valence-electron chi connectivity index (χ1n) is 5.09. The minimum Gasteiger partial charge on any atom is -0.378 e. The Kier molecular flexibility index (Phi) is 3.94. The molecule has 3 heteroatoms. The Bertz CT molecular complexity index is 235. The van der Waals surface area contributed by atoms with E-state index in [9.17, 15) is 5.11 Å². The van der Waals surface area contributed by atoms with Crippen LogP contribution in [0.3, 0.4) is 0 Å². The quantitative estimate of drug-likeness (QED) is 0.695. The molecular weight excluding hydrogens is 180 g/mol. The van der Waals surface area contributed by atoms with Gasteiger partial charge in [-0.05, 0) is 19.8 Å². The van der Waals surface area contributed by atoms with Crippen molar-refractivity contribution >= 4 is 0 Å². The Hall–Kier alpha value is -0.560. The molecule has 1 fully saturated rings. The molecule has 0 bridgehead atoms. The topological polar surface area (TPSA) is 38.7 Å². The van der Waals surface area contributed by atoms with Crippen LogP contribution in [0.2, 0.25) is 0 Å². The third-order valence-corrected chi connectivity index (χ3v) is 2.60. The van der Waals surface area contributed by atoms with E-state index in [1.54, 1.807) is 6.92 Å². The van der Waals surface area contributed by atoms with Gasteiger partial charge < -0.3 is 14.6 Å². The first kappa shape index (κ1) is 11.5. The molecule has 0 aromatic carbocycles. The van der Waals surface area contributed by atoms with E-state index in [1.165, 1.54) is 0 Å². The molecule has 1 aliphatic heterocycles. The standard InChI is InChI=1S/C11H18O3/c1-4-7-9(12)10-8-13-11(5-2,6-3)14-10/h9-10,12H,5-6,8H2,1-3H3/t9-,10-/m1/s1. The van der Waals surface area contributed by atoms with E-state index in [2.05, 4.69) is 11.8 Å². The van der Waals surface area contributed by atoms with Crippen LogP contribution in [0.15, 0.2) is 0 Å². The smallest absolute Gasteiger partial charge is 0.168 e. The second-order valence-electron chi connectivity index (χ2n) is 3.42. The number of ether oxygens (including phenoxy) is 2. The van der Waals surface area contributed by atoms with Gasteiger partial charge in [0, 0.05) is 0 Å². The lowest BCUT2D eigenvalue weighted by Gasteiger charge is -2.25. The average Bonchev–Trinajstić information content (AvgIpc) is 2.63. The number of hydrogen-bond acceptors (Lipinski definition) is 3. The van der Waals surface area contributed by atoms with Crippen LogP contribution in [-0.4, -0.2) is 29.7 Å². The minimum atomic E-state index is -0.736. The van der Waals surface area contributed by atoms with Crippen molar-refractivity contribution in [1.82, 2.24) is 0 Å². The maximum absolute atomic E-state index is 9.59. The second-order valence-corrected chi connectivity index (χ2v) is 3.42. The molecule has 0 radical (unpaired) electrons. The Morgan fingerprint density at radius 2 is 2.14 bits per heavy atom. The lowest BCUT2D eigenvalue weighted by molar-refractivity contribution is -0.178. The number of aliphatic hydroxyl groups is 1. The molecule has 2 atom stereocenters. The molecule has 0 aliphatic carbocycles. The largest absolute Gasteiger partial charge is 0.378 e. The molecule has 0 amide bonds. The maximum atomic E-state index is 9.59. The maximum Gasteiger partial charge on any atom is 0.168 e. The fraction of sp³-hybridized carbons (Fsp3) is 0.818. The molecule has 1 saturated heterocycles. The van der Waals surface area contributed by atoms with Crippen LogP contribution in [0, 0.1) is 11.8 Å². The molecule has 0 aromatic heterocycles. The molecule has 0 spiro atoms. The fourth-order valence-electron chi connectivity index (χ4n) is 1.60. The Balaban J connectivity index is 2.58. The van der Waals surface area contributed by atoms with E-state index in [0.717, 1.165) is 12.8 Å². The zero-order valence-electron chi connectivity index (χ0n) is 9.04. The van der Waals surface area contributed by atoms with Crippen LogP contribution < -0.4 is 0 Å². The summed E-state index contributed by atoms with van der Waals surface area (Å²) in [5, 5.41) is 9.59. The van der Waals surface area contributed by atoms with Crippen molar-refractivity contribution in [1.29, 1.82) is 0 Å². The third kappa shape index (κ3) is 2.27. The van der Waals surface area contributed by atoms with Crippen molar-refractivity contribution in [2.24, 2.45) is 0 Å². The monoisotopic (exact) mass is 198 g/mol. The molecule has 14 heavy (non-hydrogen) atoms. The van der Waals surface area contributed by atoms with Gasteiger partial charge in [-0.25, -0.2) is 0 Å². The van der Waals surface area contributed by atoms with Gasteiger partial charge in [0.2, 0.25) is 0 Å². The van der Waals surface area contributed by atoms with Gasteiger partial charge in [0.1, 0.15) is 12.2 Å². The zero-order chi connectivity index (χ0) is 10.6. The summed E-state index contributed by atoms with van der Waals surface area (Å²) in [6.45, 7) is 6.16. The summed E-state index contributed by atoms with van der Waals surface area (Å²) in [7, 11) is 0. The highest BCUT2D eigenvalue weighted by molar-refractivity contribution is 5.05. The van der Waals surface area contributed by atoms with Crippen molar-refractivity contribution in [3.8, 4) is 11.8 Å². The first-order chi connectivity index (χ1) is 6.67. The van der Waals surface area contributed by atoms with E-state index in [-0.39, 0.29) is 6.10 Å². The van der Waals surface area contributed by atoms with E-state index in [4.69, 9.17) is 9.47 Å². The molecule has 1 N–H and O–H groups in total. The number of hydrogen-bond donors (Lipinski definition) is 1. The predicted molar refractivity (Wildman–Crippen MR) is 53.6 cm³/mol. The summed E-state index contributed by atoms with van der Waals surface area (Å²) in [6.07, 6.45) is 0.556. The highest BCUT2D eigenvalue weighted by Gasteiger charge is 2.40. The van der Waals surface area contributed by atoms with Crippen LogP contribution in [0.1, 0.15) is 33.6 Å². The second kappa shape index (κ2) is 4.79. The SMILES string of the molecule is CC#C[C@@H](O)[C@H]1COC(CC)(CC)O1. The van der Waals surface area contributed by atoms with Crippen molar-refractivity contribution in [3.63, 3.8) is 0 Å². The summed E-state index contributed by atoms with van der Waals surface area (Å²) < 4.78 is 11.3. The molecule has 1 aliphatic rings. The highest BCUT2D eigenvalue weighted by Crippen LogP contribution is 2.31. The zero-order valence-corrected chi connectivity index (χ0v) is 9.04. The van der Waals surface area contributed by atoms with Crippen molar-refractivity contribution < 1.29 is 14.6 Å². The van der Waals surface area contributed by atoms with Gasteiger partial charge in [0.15, 0.2) is 5.79 Å². The van der Waals surface area contributed by atoms with Gasteiger partial charge in [-0.1, -0.05) is 19.8 Å². The third-order valence-electron chi connectivity index (χ3n) is 2.60. The molecule has 0 aromatic rings. The van der Waals surface area contributed by atoms with E-state index < -0.39 is 11.9 Å². The molecular formula is C11H18O3. The van der Waals surface area contributed by atoms with Gasteiger partial charge in [-0.3, -0.25) is 0 Å². The van der Waals surface area contributed by atoms with Gasteiger partial charge in [0.25, 0.3) is 0 Å². The summed E-state index contributed by atoms with van der Waals surface area (Å²) in [4.78, 5) is 0. The summed E-state index contributed by atoms with van der Waals surface area (Å²) in [6, 6.07) is 0. The van der Waals surface area contributed by atoms with Crippen LogP contribution in [0.5, 0.6) is 0 Å². The van der Waals surface area contributed by atoms with E-state index in [0.29, 0.717) is 6.61 Å². The molecule has 1 rings (SSSR count). The molecule has 0 unspecified atom stereocenters. The van der Waals surface area contributed by atoms with Gasteiger partial charge in [0.05, 0.1) is 6.61 Å². The summed E-state index contributed by atoms with van der Waals surface area (Å²) in [5.41, 5.74) is 0. The van der Waals surface area contributed by atoms with Crippen molar-refractivity contribution in [3.05, 3.63) is 0 Å². The Morgan fingerprint density at radius 3 is 2.57 bits per heavy atom. The van der Waals surface area contributed by atoms with Gasteiger partial charge in [-0.2, -0.15) is 0 Å². The van der Waals surface area contributed by atoms with Crippen LogP contribution in [0.25, 0.3) is 0 Å². The van der Waals surface area contributed by atoms with Crippen molar-refractivity contribution in [2.45, 2.75) is 51.6 Å². The van der Waals surface area contributed by atoms with E-state index >= 15 is 0 Å².